The molecular weight excluding hydrogens is 204 g/mol. The maximum Gasteiger partial charge on any atom is 0.215 e. The fourth-order valence-corrected chi connectivity index (χ4v) is 1.82. The molecule has 0 aliphatic heterocycles. The van der Waals surface area contributed by atoms with E-state index in [1.54, 1.807) is 13.3 Å². The number of methoxy groups -OCH3 is 1. The quantitative estimate of drug-likeness (QED) is 0.851. The fourth-order valence-electron chi connectivity index (χ4n) is 1.82. The average Bonchev–Trinajstić information content (AvgIpc) is 2.36. The molecule has 0 saturated carbocycles. The van der Waals surface area contributed by atoms with Crippen LogP contribution in [-0.2, 0) is 13.0 Å². The molecule has 0 bridgehead atoms. The zero-order valence-electron chi connectivity index (χ0n) is 9.40. The molecule has 2 rings (SSSR count). The number of aromatic nitrogens is 2. The van der Waals surface area contributed by atoms with E-state index in [1.165, 1.54) is 0 Å². The van der Waals surface area contributed by atoms with Gasteiger partial charge in [-0.25, -0.2) is 4.98 Å². The molecule has 4 nitrogen and oxygen atoms in total. The second kappa shape index (κ2) is 4.45. The molecule has 0 unspecified atom stereocenters. The highest BCUT2D eigenvalue weighted by Gasteiger charge is 2.08. The van der Waals surface area contributed by atoms with Crippen LogP contribution in [0.1, 0.15) is 18.1 Å². The summed E-state index contributed by atoms with van der Waals surface area (Å²) in [5.41, 5.74) is 2.62. The van der Waals surface area contributed by atoms with Crippen LogP contribution in [0.25, 0.3) is 11.0 Å². The van der Waals surface area contributed by atoms with E-state index in [0.29, 0.717) is 11.5 Å². The minimum absolute atomic E-state index is 0.0120. The lowest BCUT2D eigenvalue weighted by atomic mass is 10.0. The molecule has 0 fully saturated rings. The molecule has 2 aromatic heterocycles. The lowest BCUT2D eigenvalue weighted by Crippen LogP contribution is -1.98. The first-order chi connectivity index (χ1) is 7.80. The second-order valence-corrected chi connectivity index (χ2v) is 3.50. The molecule has 0 aromatic carbocycles. The first-order valence-corrected chi connectivity index (χ1v) is 5.22. The van der Waals surface area contributed by atoms with Crippen molar-refractivity contribution in [2.24, 2.45) is 0 Å². The van der Waals surface area contributed by atoms with Gasteiger partial charge in [-0.3, -0.25) is 0 Å². The second-order valence-electron chi connectivity index (χ2n) is 3.50. The van der Waals surface area contributed by atoms with Gasteiger partial charge in [0.15, 0.2) is 5.65 Å². The Bertz CT molecular complexity index is 512. The topological polar surface area (TPSA) is 55.2 Å². The first-order valence-electron chi connectivity index (χ1n) is 5.22. The number of hydrogen-bond acceptors (Lipinski definition) is 4. The molecule has 0 aliphatic rings. The Balaban J connectivity index is 2.69. The summed E-state index contributed by atoms with van der Waals surface area (Å²) in [6.07, 6.45) is 2.52. The van der Waals surface area contributed by atoms with Crippen molar-refractivity contribution in [3.8, 4) is 5.88 Å². The van der Waals surface area contributed by atoms with Crippen LogP contribution in [0.15, 0.2) is 18.3 Å². The van der Waals surface area contributed by atoms with Gasteiger partial charge in [-0.15, -0.1) is 0 Å². The minimum atomic E-state index is 0.0120. The number of pyridine rings is 2. The van der Waals surface area contributed by atoms with Crippen molar-refractivity contribution >= 4 is 11.0 Å². The summed E-state index contributed by atoms with van der Waals surface area (Å²) in [6.45, 7) is 2.07. The standard InChI is InChI=1S/C12H14N2O2/c1-3-9-8(7-15)6-13-12-10(9)4-5-11(14-12)16-2/h4-6,15H,3,7H2,1-2H3. The SMILES string of the molecule is CCc1c(CO)cnc2nc(OC)ccc12. The summed E-state index contributed by atoms with van der Waals surface area (Å²) < 4.78 is 5.05. The zero-order chi connectivity index (χ0) is 11.5. The van der Waals surface area contributed by atoms with E-state index in [1.807, 2.05) is 12.1 Å². The number of ether oxygens (including phenoxy) is 1. The normalized spacial score (nSPS) is 10.7. The van der Waals surface area contributed by atoms with Gasteiger partial charge >= 0.3 is 0 Å². The molecule has 1 N–H and O–H groups in total. The largest absolute Gasteiger partial charge is 0.481 e. The monoisotopic (exact) mass is 218 g/mol. The van der Waals surface area contributed by atoms with E-state index < -0.39 is 0 Å². The summed E-state index contributed by atoms with van der Waals surface area (Å²) in [5.74, 6) is 0.554. The smallest absolute Gasteiger partial charge is 0.215 e. The van der Waals surface area contributed by atoms with Crippen LogP contribution in [0.4, 0.5) is 0 Å². The molecule has 2 aromatic rings. The predicted octanol–water partition coefficient (Wildman–Crippen LogP) is 1.69. The van der Waals surface area contributed by atoms with Crippen LogP contribution >= 0.6 is 0 Å². The molecule has 0 saturated heterocycles. The van der Waals surface area contributed by atoms with Gasteiger partial charge in [0, 0.05) is 17.6 Å². The van der Waals surface area contributed by atoms with Crippen LogP contribution in [0.2, 0.25) is 0 Å². The third-order valence-corrected chi connectivity index (χ3v) is 2.64. The number of aliphatic hydroxyl groups is 1. The number of hydrogen-bond donors (Lipinski definition) is 1. The number of nitrogens with zero attached hydrogens (tertiary/aromatic N) is 2. The van der Waals surface area contributed by atoms with Crippen molar-refractivity contribution < 1.29 is 9.84 Å². The zero-order valence-corrected chi connectivity index (χ0v) is 9.40. The number of aryl methyl sites for hydroxylation is 1. The van der Waals surface area contributed by atoms with Crippen molar-refractivity contribution in [3.63, 3.8) is 0 Å². The number of fused-ring (bicyclic) bond motifs is 1. The van der Waals surface area contributed by atoms with E-state index in [2.05, 4.69) is 16.9 Å². The highest BCUT2D eigenvalue weighted by atomic mass is 16.5. The molecule has 0 spiro atoms. The maximum atomic E-state index is 9.22. The van der Waals surface area contributed by atoms with Crippen LogP contribution in [0, 0.1) is 0 Å². The summed E-state index contributed by atoms with van der Waals surface area (Å²) in [5, 5.41) is 10.2. The van der Waals surface area contributed by atoms with Gasteiger partial charge in [0.1, 0.15) is 0 Å². The van der Waals surface area contributed by atoms with E-state index in [-0.39, 0.29) is 6.61 Å². The number of aliphatic hydroxyl groups excluding tert-OH is 1. The molecule has 2 heterocycles. The molecule has 4 heteroatoms. The Morgan fingerprint density at radius 1 is 1.38 bits per heavy atom. The van der Waals surface area contributed by atoms with Crippen molar-refractivity contribution in [2.45, 2.75) is 20.0 Å². The molecule has 16 heavy (non-hydrogen) atoms. The van der Waals surface area contributed by atoms with Crippen LogP contribution in [0.5, 0.6) is 5.88 Å². The Morgan fingerprint density at radius 3 is 2.81 bits per heavy atom. The molecule has 0 amide bonds. The van der Waals surface area contributed by atoms with Gasteiger partial charge in [0.25, 0.3) is 0 Å². The van der Waals surface area contributed by atoms with Crippen LogP contribution < -0.4 is 4.74 Å². The van der Waals surface area contributed by atoms with Gasteiger partial charge < -0.3 is 9.84 Å². The first kappa shape index (κ1) is 10.8. The molecule has 84 valence electrons. The van der Waals surface area contributed by atoms with E-state index in [0.717, 1.165) is 22.9 Å². The number of rotatable bonds is 3. The Morgan fingerprint density at radius 2 is 2.19 bits per heavy atom. The van der Waals surface area contributed by atoms with Crippen LogP contribution in [-0.4, -0.2) is 22.2 Å². The predicted molar refractivity (Wildman–Crippen MR) is 61.4 cm³/mol. The van der Waals surface area contributed by atoms with E-state index in [4.69, 9.17) is 4.74 Å². The maximum absolute atomic E-state index is 9.22. The Kier molecular flexibility index (Phi) is 3.01. The Hall–Kier alpha value is -1.68. The summed E-state index contributed by atoms with van der Waals surface area (Å²) >= 11 is 0. The van der Waals surface area contributed by atoms with Crippen molar-refractivity contribution in [1.82, 2.24) is 9.97 Å². The van der Waals surface area contributed by atoms with Gasteiger partial charge in [0.05, 0.1) is 13.7 Å². The molecule has 0 aliphatic carbocycles. The van der Waals surface area contributed by atoms with Crippen molar-refractivity contribution in [1.29, 1.82) is 0 Å². The highest BCUT2D eigenvalue weighted by Crippen LogP contribution is 2.22. The van der Waals surface area contributed by atoms with E-state index >= 15 is 0 Å². The minimum Gasteiger partial charge on any atom is -0.481 e. The fraction of sp³-hybridized carbons (Fsp3) is 0.333. The lowest BCUT2D eigenvalue weighted by Gasteiger charge is -2.08. The summed E-state index contributed by atoms with van der Waals surface area (Å²) in [6, 6.07) is 3.75. The average molecular weight is 218 g/mol. The highest BCUT2D eigenvalue weighted by molar-refractivity contribution is 5.80. The summed E-state index contributed by atoms with van der Waals surface area (Å²) in [4.78, 5) is 8.48. The van der Waals surface area contributed by atoms with E-state index in [9.17, 15) is 5.11 Å². The molecule has 0 radical (unpaired) electrons. The van der Waals surface area contributed by atoms with Gasteiger partial charge in [-0.2, -0.15) is 4.98 Å². The van der Waals surface area contributed by atoms with Crippen molar-refractivity contribution in [3.05, 3.63) is 29.5 Å². The Labute approximate surface area is 93.9 Å². The van der Waals surface area contributed by atoms with Crippen LogP contribution in [0.3, 0.4) is 0 Å². The molecular formula is C12H14N2O2. The van der Waals surface area contributed by atoms with Crippen molar-refractivity contribution in [2.75, 3.05) is 7.11 Å². The van der Waals surface area contributed by atoms with Gasteiger partial charge in [-0.05, 0) is 23.6 Å². The summed E-state index contributed by atoms with van der Waals surface area (Å²) in [7, 11) is 1.58. The lowest BCUT2D eigenvalue weighted by molar-refractivity contribution is 0.280. The third kappa shape index (κ3) is 1.72. The molecule has 0 atom stereocenters. The third-order valence-electron chi connectivity index (χ3n) is 2.64. The van der Waals surface area contributed by atoms with Gasteiger partial charge in [0.2, 0.25) is 5.88 Å². The van der Waals surface area contributed by atoms with Gasteiger partial charge in [-0.1, -0.05) is 6.92 Å².